The van der Waals surface area contributed by atoms with E-state index in [9.17, 15) is 9.18 Å². The second kappa shape index (κ2) is 8.21. The van der Waals surface area contributed by atoms with Crippen LogP contribution in [0.5, 0.6) is 11.5 Å². The van der Waals surface area contributed by atoms with Crippen molar-refractivity contribution in [1.29, 1.82) is 0 Å². The summed E-state index contributed by atoms with van der Waals surface area (Å²) in [5.74, 6) is 1.21. The molecule has 1 heterocycles. The van der Waals surface area contributed by atoms with Crippen LogP contribution in [0, 0.1) is 5.82 Å². The van der Waals surface area contributed by atoms with Gasteiger partial charge in [-0.1, -0.05) is 24.3 Å². The van der Waals surface area contributed by atoms with Crippen LogP contribution in [-0.4, -0.2) is 23.8 Å². The second-order valence-electron chi connectivity index (χ2n) is 6.52. The molecule has 0 aliphatic rings. The predicted octanol–water partition coefficient (Wildman–Crippen LogP) is 4.71. The van der Waals surface area contributed by atoms with Crippen molar-refractivity contribution in [3.63, 3.8) is 0 Å². The van der Waals surface area contributed by atoms with Crippen molar-refractivity contribution in [3.8, 4) is 17.2 Å². The molecule has 0 N–H and O–H groups in total. The van der Waals surface area contributed by atoms with Gasteiger partial charge in [0.05, 0.1) is 30.8 Å². The molecule has 150 valence electrons. The Labute approximate surface area is 172 Å². The first-order valence-corrected chi connectivity index (χ1v) is 9.29. The molecule has 1 aromatic heterocycles. The number of ether oxygens (including phenoxy) is 2. The van der Waals surface area contributed by atoms with E-state index in [4.69, 9.17) is 9.47 Å². The fourth-order valence-electron chi connectivity index (χ4n) is 3.31. The molecule has 4 aromatic rings. The molecular weight excluding hydrogens is 383 g/mol. The zero-order chi connectivity index (χ0) is 21.1. The van der Waals surface area contributed by atoms with Gasteiger partial charge in [-0.3, -0.25) is 9.36 Å². The van der Waals surface area contributed by atoms with Crippen molar-refractivity contribution in [3.05, 3.63) is 94.3 Å². The molecule has 0 unspecified atom stereocenters. The highest BCUT2D eigenvalue weighted by Gasteiger charge is 2.12. The van der Waals surface area contributed by atoms with E-state index in [0.717, 1.165) is 5.56 Å². The van der Waals surface area contributed by atoms with E-state index in [1.165, 1.54) is 16.7 Å². The molecule has 3 aromatic carbocycles. The van der Waals surface area contributed by atoms with Crippen molar-refractivity contribution in [1.82, 2.24) is 9.55 Å². The van der Waals surface area contributed by atoms with Crippen molar-refractivity contribution in [2.24, 2.45) is 0 Å². The average molecular weight is 402 g/mol. The van der Waals surface area contributed by atoms with Crippen LogP contribution in [0.3, 0.4) is 0 Å². The zero-order valence-corrected chi connectivity index (χ0v) is 16.5. The Hall–Kier alpha value is -3.93. The van der Waals surface area contributed by atoms with Crippen LogP contribution in [-0.2, 0) is 0 Å². The minimum Gasteiger partial charge on any atom is -0.493 e. The molecule has 0 fully saturated rings. The van der Waals surface area contributed by atoms with E-state index in [-0.39, 0.29) is 11.4 Å². The molecule has 5 nitrogen and oxygen atoms in total. The van der Waals surface area contributed by atoms with Crippen LogP contribution >= 0.6 is 0 Å². The molecule has 30 heavy (non-hydrogen) atoms. The van der Waals surface area contributed by atoms with E-state index >= 15 is 0 Å². The smallest absolute Gasteiger partial charge is 0.266 e. The van der Waals surface area contributed by atoms with Gasteiger partial charge >= 0.3 is 0 Å². The minimum absolute atomic E-state index is 0.232. The topological polar surface area (TPSA) is 53.3 Å². The van der Waals surface area contributed by atoms with Crippen molar-refractivity contribution in [2.75, 3.05) is 14.2 Å². The van der Waals surface area contributed by atoms with Gasteiger partial charge in [-0.2, -0.15) is 0 Å². The fraction of sp³-hybridized carbons (Fsp3) is 0.0833. The number of rotatable bonds is 5. The first-order valence-electron chi connectivity index (χ1n) is 9.29. The normalized spacial score (nSPS) is 11.2. The lowest BCUT2D eigenvalue weighted by Crippen LogP contribution is -2.22. The summed E-state index contributed by atoms with van der Waals surface area (Å²) in [4.78, 5) is 17.9. The lowest BCUT2D eigenvalue weighted by Gasteiger charge is -2.12. The average Bonchev–Trinajstić information content (AvgIpc) is 2.78. The number of methoxy groups -OCH3 is 2. The highest BCUT2D eigenvalue weighted by Crippen LogP contribution is 2.32. The van der Waals surface area contributed by atoms with E-state index < -0.39 is 0 Å². The monoisotopic (exact) mass is 402 g/mol. The van der Waals surface area contributed by atoms with Gasteiger partial charge in [-0.15, -0.1) is 0 Å². The lowest BCUT2D eigenvalue weighted by molar-refractivity contribution is 0.354. The fourth-order valence-corrected chi connectivity index (χ4v) is 3.31. The predicted molar refractivity (Wildman–Crippen MR) is 116 cm³/mol. The van der Waals surface area contributed by atoms with E-state index in [1.54, 1.807) is 62.8 Å². The molecule has 0 aliphatic carbocycles. The number of para-hydroxylation sites is 2. The summed E-state index contributed by atoms with van der Waals surface area (Å²) in [7, 11) is 3.14. The molecular formula is C24H19FN2O3. The van der Waals surface area contributed by atoms with Crippen molar-refractivity contribution < 1.29 is 13.9 Å². The molecule has 0 bridgehead atoms. The van der Waals surface area contributed by atoms with Gasteiger partial charge in [0.15, 0.2) is 11.5 Å². The molecule has 0 amide bonds. The maximum atomic E-state index is 13.4. The largest absolute Gasteiger partial charge is 0.493 e. The van der Waals surface area contributed by atoms with Crippen LogP contribution in [0.1, 0.15) is 11.4 Å². The van der Waals surface area contributed by atoms with Gasteiger partial charge in [0.1, 0.15) is 11.6 Å². The van der Waals surface area contributed by atoms with Gasteiger partial charge in [0, 0.05) is 5.56 Å². The van der Waals surface area contributed by atoms with Crippen LogP contribution in [0.25, 0.3) is 28.7 Å². The molecule has 0 radical (unpaired) electrons. The Morgan fingerprint density at radius 2 is 1.67 bits per heavy atom. The Balaban J connectivity index is 1.92. The highest BCUT2D eigenvalue weighted by atomic mass is 19.1. The summed E-state index contributed by atoms with van der Waals surface area (Å²) >= 11 is 0. The molecule has 0 saturated carbocycles. The second-order valence-corrected chi connectivity index (χ2v) is 6.52. The van der Waals surface area contributed by atoms with Crippen LogP contribution in [0.15, 0.2) is 71.5 Å². The lowest BCUT2D eigenvalue weighted by atomic mass is 10.1. The number of hydrogen-bond acceptors (Lipinski definition) is 4. The van der Waals surface area contributed by atoms with E-state index in [2.05, 4.69) is 4.98 Å². The van der Waals surface area contributed by atoms with E-state index in [0.29, 0.717) is 33.9 Å². The first kappa shape index (κ1) is 19.4. The van der Waals surface area contributed by atoms with Gasteiger partial charge in [0.2, 0.25) is 0 Å². The van der Waals surface area contributed by atoms with Gasteiger partial charge < -0.3 is 9.47 Å². The molecule has 0 saturated heterocycles. The van der Waals surface area contributed by atoms with Gasteiger partial charge in [-0.05, 0) is 54.6 Å². The number of benzene rings is 3. The highest BCUT2D eigenvalue weighted by molar-refractivity contribution is 5.80. The number of nitrogens with zero attached hydrogens (tertiary/aromatic N) is 2. The Morgan fingerprint density at radius 1 is 0.900 bits per heavy atom. The van der Waals surface area contributed by atoms with Crippen molar-refractivity contribution >= 4 is 23.1 Å². The molecule has 6 heteroatoms. The van der Waals surface area contributed by atoms with Crippen LogP contribution in [0.4, 0.5) is 4.39 Å². The summed E-state index contributed by atoms with van der Waals surface area (Å²) in [6.45, 7) is 0. The van der Waals surface area contributed by atoms with Gasteiger partial charge in [-0.25, -0.2) is 9.37 Å². The SMILES string of the molecule is COc1cccc(C=Cc2nc3ccccc3c(=O)n2-c2ccc(F)cc2)c1OC. The maximum Gasteiger partial charge on any atom is 0.266 e. The number of hydrogen-bond donors (Lipinski definition) is 0. The first-order chi connectivity index (χ1) is 14.6. The standard InChI is InChI=1S/C24H19FN2O3/c1-29-21-9-5-6-16(23(21)30-2)10-15-22-26-20-8-4-3-7-19(20)24(28)27(22)18-13-11-17(25)12-14-18/h3-15H,1-2H3. The Bertz CT molecular complexity index is 1290. The summed E-state index contributed by atoms with van der Waals surface area (Å²) < 4.78 is 25.7. The Kier molecular flexibility index (Phi) is 5.30. The molecule has 4 rings (SSSR count). The molecule has 0 atom stereocenters. The molecule has 0 spiro atoms. The van der Waals surface area contributed by atoms with E-state index in [1.807, 2.05) is 18.2 Å². The molecule has 0 aliphatic heterocycles. The number of aromatic nitrogens is 2. The summed E-state index contributed by atoms with van der Waals surface area (Å²) in [6, 6.07) is 18.4. The summed E-state index contributed by atoms with van der Waals surface area (Å²) in [6.07, 6.45) is 3.53. The third-order valence-electron chi connectivity index (χ3n) is 4.73. The number of halogens is 1. The van der Waals surface area contributed by atoms with Gasteiger partial charge in [0.25, 0.3) is 5.56 Å². The number of fused-ring (bicyclic) bond motifs is 1. The third kappa shape index (κ3) is 3.55. The summed E-state index contributed by atoms with van der Waals surface area (Å²) in [5, 5.41) is 0.484. The van der Waals surface area contributed by atoms with Crippen LogP contribution in [0.2, 0.25) is 0 Å². The maximum absolute atomic E-state index is 13.4. The minimum atomic E-state index is -0.376. The Morgan fingerprint density at radius 3 is 2.40 bits per heavy atom. The van der Waals surface area contributed by atoms with Crippen molar-refractivity contribution in [2.45, 2.75) is 0 Å². The van der Waals surface area contributed by atoms with Crippen LogP contribution < -0.4 is 15.0 Å². The zero-order valence-electron chi connectivity index (χ0n) is 16.5. The summed E-state index contributed by atoms with van der Waals surface area (Å²) in [5.41, 5.74) is 1.64. The quantitative estimate of drug-likeness (QED) is 0.485. The third-order valence-corrected chi connectivity index (χ3v) is 4.73.